The van der Waals surface area contributed by atoms with Crippen molar-refractivity contribution in [1.29, 1.82) is 0 Å². The van der Waals surface area contributed by atoms with E-state index in [9.17, 15) is 14.4 Å². The van der Waals surface area contributed by atoms with Crippen molar-refractivity contribution in [2.24, 2.45) is 0 Å². The quantitative estimate of drug-likeness (QED) is 0.313. The minimum atomic E-state index is -0.599. The van der Waals surface area contributed by atoms with Gasteiger partial charge in [-0.3, -0.25) is 14.4 Å². The highest BCUT2D eigenvalue weighted by Crippen LogP contribution is 2.29. The van der Waals surface area contributed by atoms with E-state index in [0.717, 1.165) is 5.56 Å². The maximum atomic E-state index is 12.6. The second-order valence-corrected chi connectivity index (χ2v) is 5.66. The second-order valence-electron chi connectivity index (χ2n) is 5.66. The fourth-order valence-corrected chi connectivity index (χ4v) is 2.39. The first-order valence-electron chi connectivity index (χ1n) is 8.29. The number of methoxy groups -OCH3 is 2. The molecule has 0 aromatic heterocycles. The lowest BCUT2D eigenvalue weighted by Crippen LogP contribution is -2.08. The van der Waals surface area contributed by atoms with E-state index >= 15 is 0 Å². The Morgan fingerprint density at radius 3 is 2.07 bits per heavy atom. The number of carbonyl (C=O) groups is 3. The van der Waals surface area contributed by atoms with Gasteiger partial charge < -0.3 is 18.9 Å². The van der Waals surface area contributed by atoms with E-state index in [1.54, 1.807) is 24.3 Å². The second kappa shape index (κ2) is 9.36. The molecular weight excluding hydrogens is 364 g/mol. The van der Waals surface area contributed by atoms with Crippen LogP contribution in [0.25, 0.3) is 6.08 Å². The molecule has 0 spiro atoms. The molecule has 0 bridgehead atoms. The van der Waals surface area contributed by atoms with Gasteiger partial charge in [0.2, 0.25) is 0 Å². The summed E-state index contributed by atoms with van der Waals surface area (Å²) < 4.78 is 20.5. The minimum absolute atomic E-state index is 0.00760. The Morgan fingerprint density at radius 1 is 0.786 bits per heavy atom. The number of ether oxygens (including phenoxy) is 4. The molecule has 0 atom stereocenters. The lowest BCUT2D eigenvalue weighted by Gasteiger charge is -2.09. The van der Waals surface area contributed by atoms with Gasteiger partial charge in [-0.15, -0.1) is 0 Å². The molecule has 2 aromatic rings. The zero-order valence-electron chi connectivity index (χ0n) is 16.0. The molecule has 0 amide bonds. The number of carbonyl (C=O) groups excluding carboxylic acids is 3. The van der Waals surface area contributed by atoms with Gasteiger partial charge in [0.25, 0.3) is 0 Å². The van der Waals surface area contributed by atoms with Crippen molar-refractivity contribution in [3.8, 4) is 23.0 Å². The molecule has 2 rings (SSSR count). The molecule has 0 unspecified atom stereocenters. The Labute approximate surface area is 162 Å². The molecule has 2 aromatic carbocycles. The predicted octanol–water partition coefficient (Wildman–Crippen LogP) is 3.45. The van der Waals surface area contributed by atoms with Crippen LogP contribution < -0.4 is 18.9 Å². The van der Waals surface area contributed by atoms with Gasteiger partial charge >= 0.3 is 11.9 Å². The molecule has 0 saturated carbocycles. The number of hydrogen-bond acceptors (Lipinski definition) is 7. The van der Waals surface area contributed by atoms with Crippen LogP contribution in [-0.4, -0.2) is 31.9 Å². The molecule has 0 saturated heterocycles. The van der Waals surface area contributed by atoms with Gasteiger partial charge in [-0.25, -0.2) is 0 Å². The molecule has 0 N–H and O–H groups in total. The van der Waals surface area contributed by atoms with Crippen LogP contribution in [0.5, 0.6) is 23.0 Å². The molecule has 0 radical (unpaired) electrons. The van der Waals surface area contributed by atoms with Crippen LogP contribution in [0.15, 0.2) is 42.5 Å². The van der Waals surface area contributed by atoms with E-state index in [0.29, 0.717) is 11.5 Å². The first-order valence-corrected chi connectivity index (χ1v) is 8.29. The zero-order chi connectivity index (χ0) is 20.7. The number of allylic oxidation sites excluding steroid dienone is 1. The zero-order valence-corrected chi connectivity index (χ0v) is 16.0. The molecule has 7 heteroatoms. The Balaban J connectivity index is 2.30. The van der Waals surface area contributed by atoms with Crippen LogP contribution in [0.3, 0.4) is 0 Å². The predicted molar refractivity (Wildman–Crippen MR) is 102 cm³/mol. The van der Waals surface area contributed by atoms with Crippen molar-refractivity contribution in [3.63, 3.8) is 0 Å². The molecule has 28 heavy (non-hydrogen) atoms. The van der Waals surface area contributed by atoms with E-state index < -0.39 is 11.9 Å². The molecule has 0 aliphatic rings. The molecule has 0 heterocycles. The number of esters is 2. The maximum Gasteiger partial charge on any atom is 0.308 e. The van der Waals surface area contributed by atoms with Crippen molar-refractivity contribution in [3.05, 3.63) is 53.6 Å². The summed E-state index contributed by atoms with van der Waals surface area (Å²) in [6.07, 6.45) is 2.94. The van der Waals surface area contributed by atoms with Crippen LogP contribution >= 0.6 is 0 Å². The van der Waals surface area contributed by atoms with Crippen molar-refractivity contribution < 1.29 is 33.3 Å². The standard InChI is InChI=1S/C21H20O7/c1-13(22)27-16-7-8-17(20(12-16)28-14(2)23)18(24)9-5-15-6-10-19(25-3)21(11-15)26-4/h5-12H,1-4H3/b9-5+. The molecular formula is C21H20O7. The topological polar surface area (TPSA) is 88.1 Å². The van der Waals surface area contributed by atoms with Crippen LogP contribution in [-0.2, 0) is 9.59 Å². The van der Waals surface area contributed by atoms with Crippen molar-refractivity contribution in [2.75, 3.05) is 14.2 Å². The Bertz CT molecular complexity index is 928. The molecule has 0 fully saturated rings. The van der Waals surface area contributed by atoms with Gasteiger partial charge in [-0.1, -0.05) is 12.1 Å². The Morgan fingerprint density at radius 2 is 1.46 bits per heavy atom. The summed E-state index contributed by atoms with van der Waals surface area (Å²) in [7, 11) is 3.06. The minimum Gasteiger partial charge on any atom is -0.493 e. The molecule has 146 valence electrons. The molecule has 0 aliphatic carbocycles. The number of rotatable bonds is 7. The fourth-order valence-electron chi connectivity index (χ4n) is 2.39. The highest BCUT2D eigenvalue weighted by molar-refractivity contribution is 6.09. The monoisotopic (exact) mass is 384 g/mol. The molecule has 0 aliphatic heterocycles. The van der Waals surface area contributed by atoms with Gasteiger partial charge in [0.15, 0.2) is 17.3 Å². The van der Waals surface area contributed by atoms with E-state index in [4.69, 9.17) is 18.9 Å². The average Bonchev–Trinajstić information content (AvgIpc) is 2.65. The first-order chi connectivity index (χ1) is 13.3. The van der Waals surface area contributed by atoms with Gasteiger partial charge in [-0.2, -0.15) is 0 Å². The van der Waals surface area contributed by atoms with Crippen LogP contribution in [0.2, 0.25) is 0 Å². The third-order valence-corrected chi connectivity index (χ3v) is 3.57. The first kappa shape index (κ1) is 20.7. The van der Waals surface area contributed by atoms with Crippen LogP contribution in [0, 0.1) is 0 Å². The summed E-state index contributed by atoms with van der Waals surface area (Å²) in [4.78, 5) is 35.0. The average molecular weight is 384 g/mol. The Hall–Kier alpha value is -3.61. The van der Waals surface area contributed by atoms with Crippen molar-refractivity contribution in [2.45, 2.75) is 13.8 Å². The third kappa shape index (κ3) is 5.44. The number of ketones is 1. The summed E-state index contributed by atoms with van der Waals surface area (Å²) in [6.45, 7) is 2.46. The normalized spacial score (nSPS) is 10.4. The maximum absolute atomic E-state index is 12.6. The largest absolute Gasteiger partial charge is 0.493 e. The summed E-state index contributed by atoms with van der Waals surface area (Å²) >= 11 is 0. The summed E-state index contributed by atoms with van der Waals surface area (Å²) in [5.41, 5.74) is 0.874. The number of hydrogen-bond donors (Lipinski definition) is 0. The smallest absolute Gasteiger partial charge is 0.308 e. The highest BCUT2D eigenvalue weighted by atomic mass is 16.5. The van der Waals surface area contributed by atoms with Gasteiger partial charge in [-0.05, 0) is 35.9 Å². The summed E-state index contributed by atoms with van der Waals surface area (Å²) in [6, 6.07) is 9.41. The SMILES string of the molecule is COc1ccc(/C=C/C(=O)c2ccc(OC(C)=O)cc2OC(C)=O)cc1OC. The van der Waals surface area contributed by atoms with Gasteiger partial charge in [0.1, 0.15) is 11.5 Å². The van der Waals surface area contributed by atoms with Crippen molar-refractivity contribution >= 4 is 23.8 Å². The summed E-state index contributed by atoms with van der Waals surface area (Å²) in [5.74, 6) is -0.232. The van der Waals surface area contributed by atoms with Crippen LogP contribution in [0.4, 0.5) is 0 Å². The Kier molecular flexibility index (Phi) is 6.92. The van der Waals surface area contributed by atoms with E-state index in [1.165, 1.54) is 52.3 Å². The van der Waals surface area contributed by atoms with Gasteiger partial charge in [0.05, 0.1) is 19.8 Å². The fraction of sp³-hybridized carbons (Fsp3) is 0.190. The molecule has 7 nitrogen and oxygen atoms in total. The third-order valence-electron chi connectivity index (χ3n) is 3.57. The highest BCUT2D eigenvalue weighted by Gasteiger charge is 2.14. The lowest BCUT2D eigenvalue weighted by molar-refractivity contribution is -0.132. The van der Waals surface area contributed by atoms with E-state index in [1.807, 2.05) is 0 Å². The van der Waals surface area contributed by atoms with Crippen LogP contribution in [0.1, 0.15) is 29.8 Å². The van der Waals surface area contributed by atoms with E-state index in [2.05, 4.69) is 0 Å². The van der Waals surface area contributed by atoms with Crippen molar-refractivity contribution in [1.82, 2.24) is 0 Å². The summed E-state index contributed by atoms with van der Waals surface area (Å²) in [5, 5.41) is 0. The number of benzene rings is 2. The van der Waals surface area contributed by atoms with E-state index in [-0.39, 0.29) is 22.8 Å². The lowest BCUT2D eigenvalue weighted by atomic mass is 10.1. The van der Waals surface area contributed by atoms with Gasteiger partial charge in [0, 0.05) is 19.9 Å².